The molecular weight excluding hydrogens is 262 g/mol. The average molecular weight is 271 g/mol. The van der Waals surface area contributed by atoms with Crippen molar-refractivity contribution in [3.05, 3.63) is 23.8 Å². The van der Waals surface area contributed by atoms with E-state index in [1.54, 1.807) is 25.3 Å². The Morgan fingerprint density at radius 1 is 1.05 bits per heavy atom. The summed E-state index contributed by atoms with van der Waals surface area (Å²) in [6, 6.07) is 5.13. The molecule has 0 radical (unpaired) electrons. The first-order valence-corrected chi connectivity index (χ1v) is 5.66. The van der Waals surface area contributed by atoms with E-state index in [2.05, 4.69) is 25.4 Å². The van der Waals surface area contributed by atoms with Gasteiger partial charge in [-0.25, -0.2) is 4.99 Å². The molecule has 8 nitrogen and oxygen atoms in total. The monoisotopic (exact) mass is 271 g/mol. The van der Waals surface area contributed by atoms with Gasteiger partial charge in [-0.15, -0.1) is 10.2 Å². The van der Waals surface area contributed by atoms with Crippen molar-refractivity contribution in [2.45, 2.75) is 0 Å². The Kier molecular flexibility index (Phi) is 2.82. The quantitative estimate of drug-likeness (QED) is 0.826. The summed E-state index contributed by atoms with van der Waals surface area (Å²) < 4.78 is 10.4. The molecule has 2 aliphatic rings. The third-order valence-corrected chi connectivity index (χ3v) is 2.77. The van der Waals surface area contributed by atoms with Crippen molar-refractivity contribution < 1.29 is 14.3 Å². The lowest BCUT2D eigenvalue weighted by molar-refractivity contribution is -0.111. The molecule has 20 heavy (non-hydrogen) atoms. The smallest absolute Gasteiger partial charge is 0.303 e. The van der Waals surface area contributed by atoms with Gasteiger partial charge >= 0.3 is 5.91 Å². The van der Waals surface area contributed by atoms with Gasteiger partial charge in [0.05, 0.1) is 19.8 Å². The number of benzene rings is 1. The molecule has 0 atom stereocenters. The highest BCUT2D eigenvalue weighted by Gasteiger charge is 2.29. The van der Waals surface area contributed by atoms with Crippen LogP contribution in [0, 0.1) is 0 Å². The van der Waals surface area contributed by atoms with E-state index in [0.29, 0.717) is 17.1 Å². The molecule has 0 N–H and O–H groups in total. The maximum Gasteiger partial charge on any atom is 0.303 e. The SMILES string of the molecule is COc1ccc(OC)c(C2=NC(=O)C3=NN=NC3=N2)c1. The average Bonchev–Trinajstić information content (AvgIpc) is 2.95. The van der Waals surface area contributed by atoms with Crippen LogP contribution in [-0.2, 0) is 4.79 Å². The van der Waals surface area contributed by atoms with Crippen molar-refractivity contribution in [3.63, 3.8) is 0 Å². The maximum atomic E-state index is 11.8. The van der Waals surface area contributed by atoms with Gasteiger partial charge in [-0.1, -0.05) is 0 Å². The zero-order chi connectivity index (χ0) is 14.1. The number of amides is 1. The Hall–Kier alpha value is -2.90. The first kappa shape index (κ1) is 12.2. The fraction of sp³-hybridized carbons (Fsp3) is 0.167. The summed E-state index contributed by atoms with van der Waals surface area (Å²) in [5.74, 6) is 0.950. The highest BCUT2D eigenvalue weighted by Crippen LogP contribution is 2.26. The van der Waals surface area contributed by atoms with Crippen molar-refractivity contribution in [2.24, 2.45) is 25.4 Å². The van der Waals surface area contributed by atoms with Gasteiger partial charge in [-0.3, -0.25) is 4.79 Å². The molecule has 3 rings (SSSR count). The molecule has 1 aromatic rings. The lowest BCUT2D eigenvalue weighted by Crippen LogP contribution is -2.26. The molecule has 2 aliphatic heterocycles. The summed E-state index contributed by atoms with van der Waals surface area (Å²) in [5, 5.41) is 10.7. The standard InChI is InChI=1S/C12H9N5O3/c1-19-6-3-4-8(20-2)7(5-6)10-13-11-9(12(18)14-10)15-17-16-11/h3-5H,1-2H3. The number of nitrogens with zero attached hydrogens (tertiary/aromatic N) is 5. The summed E-state index contributed by atoms with van der Waals surface area (Å²) >= 11 is 0. The first-order valence-electron chi connectivity index (χ1n) is 5.66. The minimum Gasteiger partial charge on any atom is -0.497 e. The van der Waals surface area contributed by atoms with Crippen LogP contribution in [0.3, 0.4) is 0 Å². The van der Waals surface area contributed by atoms with E-state index in [1.165, 1.54) is 7.11 Å². The van der Waals surface area contributed by atoms with Crippen molar-refractivity contribution in [3.8, 4) is 11.5 Å². The Morgan fingerprint density at radius 2 is 1.90 bits per heavy atom. The summed E-state index contributed by atoms with van der Waals surface area (Å²) in [6.07, 6.45) is 0. The van der Waals surface area contributed by atoms with E-state index in [9.17, 15) is 4.79 Å². The topological polar surface area (TPSA) is 97.3 Å². The molecule has 0 unspecified atom stereocenters. The lowest BCUT2D eigenvalue weighted by Gasteiger charge is -2.12. The minimum atomic E-state index is -0.528. The van der Waals surface area contributed by atoms with Crippen LogP contribution in [-0.4, -0.2) is 37.5 Å². The number of rotatable bonds is 3. The van der Waals surface area contributed by atoms with E-state index in [0.717, 1.165) is 0 Å². The summed E-state index contributed by atoms with van der Waals surface area (Å²) in [7, 11) is 3.06. The Bertz CT molecular complexity index is 718. The summed E-state index contributed by atoms with van der Waals surface area (Å²) in [6.45, 7) is 0. The van der Waals surface area contributed by atoms with E-state index >= 15 is 0 Å². The molecule has 0 spiro atoms. The second-order valence-electron chi connectivity index (χ2n) is 3.88. The molecule has 1 amide bonds. The van der Waals surface area contributed by atoms with Gasteiger partial charge in [-0.05, 0) is 23.4 Å². The van der Waals surface area contributed by atoms with Crippen molar-refractivity contribution >= 4 is 23.3 Å². The first-order chi connectivity index (χ1) is 9.72. The van der Waals surface area contributed by atoms with Crippen molar-refractivity contribution in [1.29, 1.82) is 0 Å². The molecule has 100 valence electrons. The molecule has 1 aromatic carbocycles. The molecule has 0 fully saturated rings. The number of fused-ring (bicyclic) bond motifs is 1. The number of carbonyl (C=O) groups is 1. The summed E-state index contributed by atoms with van der Waals surface area (Å²) in [4.78, 5) is 19.9. The Morgan fingerprint density at radius 3 is 2.65 bits per heavy atom. The van der Waals surface area contributed by atoms with Gasteiger partial charge in [-0.2, -0.15) is 4.99 Å². The molecule has 2 heterocycles. The fourth-order valence-electron chi connectivity index (χ4n) is 1.80. The van der Waals surface area contributed by atoms with Crippen LogP contribution in [0.2, 0.25) is 0 Å². The van der Waals surface area contributed by atoms with Gasteiger partial charge in [0.2, 0.25) is 11.5 Å². The summed E-state index contributed by atoms with van der Waals surface area (Å²) in [5.41, 5.74) is 0.587. The molecule has 8 heteroatoms. The van der Waals surface area contributed by atoms with Gasteiger partial charge in [0.15, 0.2) is 5.84 Å². The largest absolute Gasteiger partial charge is 0.497 e. The number of methoxy groups -OCH3 is 2. The Labute approximate surface area is 113 Å². The number of carbonyl (C=O) groups excluding carboxylic acids is 1. The highest BCUT2D eigenvalue weighted by molar-refractivity contribution is 6.69. The molecule has 0 aliphatic carbocycles. The fourth-order valence-corrected chi connectivity index (χ4v) is 1.80. The van der Waals surface area contributed by atoms with Crippen LogP contribution in [0.15, 0.2) is 43.6 Å². The molecule has 0 aromatic heterocycles. The van der Waals surface area contributed by atoms with Gasteiger partial charge in [0.25, 0.3) is 0 Å². The van der Waals surface area contributed by atoms with Crippen LogP contribution in [0.1, 0.15) is 5.56 Å². The van der Waals surface area contributed by atoms with Crippen LogP contribution in [0.5, 0.6) is 11.5 Å². The predicted octanol–water partition coefficient (Wildman–Crippen LogP) is 1.21. The second-order valence-corrected chi connectivity index (χ2v) is 3.88. The molecule has 0 saturated carbocycles. The molecule has 0 bridgehead atoms. The van der Waals surface area contributed by atoms with Crippen molar-refractivity contribution in [1.82, 2.24) is 0 Å². The zero-order valence-corrected chi connectivity index (χ0v) is 10.7. The van der Waals surface area contributed by atoms with Crippen LogP contribution < -0.4 is 9.47 Å². The number of aliphatic imine (C=N–C) groups is 2. The van der Waals surface area contributed by atoms with Crippen LogP contribution >= 0.6 is 0 Å². The highest BCUT2D eigenvalue weighted by atomic mass is 16.5. The second kappa shape index (κ2) is 4.65. The van der Waals surface area contributed by atoms with Crippen molar-refractivity contribution in [2.75, 3.05) is 14.2 Å². The van der Waals surface area contributed by atoms with Crippen LogP contribution in [0.25, 0.3) is 0 Å². The number of hydrogen-bond acceptors (Lipinski definition) is 7. The van der Waals surface area contributed by atoms with Gasteiger partial charge in [0.1, 0.15) is 11.5 Å². The zero-order valence-electron chi connectivity index (χ0n) is 10.7. The third-order valence-electron chi connectivity index (χ3n) is 2.77. The lowest BCUT2D eigenvalue weighted by atomic mass is 10.1. The normalized spacial score (nSPS) is 16.3. The molecule has 0 saturated heterocycles. The van der Waals surface area contributed by atoms with E-state index in [4.69, 9.17) is 9.47 Å². The predicted molar refractivity (Wildman–Crippen MR) is 70.8 cm³/mol. The third kappa shape index (κ3) is 1.87. The minimum absolute atomic E-state index is 0.0515. The Balaban J connectivity index is 2.11. The number of hydrogen-bond donors (Lipinski definition) is 0. The molecular formula is C12H9N5O3. The van der Waals surface area contributed by atoms with Gasteiger partial charge < -0.3 is 9.47 Å². The number of ether oxygens (including phenoxy) is 2. The number of amidine groups is 2. The van der Waals surface area contributed by atoms with E-state index < -0.39 is 5.91 Å². The van der Waals surface area contributed by atoms with E-state index in [1.807, 2.05) is 0 Å². The van der Waals surface area contributed by atoms with E-state index in [-0.39, 0.29) is 17.4 Å². The van der Waals surface area contributed by atoms with Crippen LogP contribution in [0.4, 0.5) is 0 Å². The van der Waals surface area contributed by atoms with Gasteiger partial charge in [0, 0.05) is 0 Å². The maximum absolute atomic E-state index is 11.8.